The van der Waals surface area contributed by atoms with Crippen LogP contribution in [0.1, 0.15) is 0 Å². The van der Waals surface area contributed by atoms with Crippen LogP contribution in [-0.4, -0.2) is 48.9 Å². The molecular formula is C19H17BrN2O4S2. The molecule has 28 heavy (non-hydrogen) atoms. The zero-order chi connectivity index (χ0) is 19.7. The monoisotopic (exact) mass is 480 g/mol. The maximum Gasteiger partial charge on any atom is 0.285 e. The predicted octanol–water partition coefficient (Wildman–Crippen LogP) is 3.13. The highest BCUT2D eigenvalue weighted by Gasteiger charge is 2.49. The van der Waals surface area contributed by atoms with E-state index in [1.807, 2.05) is 47.4 Å². The molecule has 0 aliphatic carbocycles. The molecule has 0 bridgehead atoms. The molecule has 2 saturated heterocycles. The molecule has 6 nitrogen and oxygen atoms in total. The number of hydrogen-bond donors (Lipinski definition) is 0. The molecule has 0 radical (unpaired) electrons. The fraction of sp³-hybridized carbons (Fsp3) is 0.263. The van der Waals surface area contributed by atoms with Gasteiger partial charge in [-0.15, -0.1) is 0 Å². The minimum Gasteiger partial charge on any atom is -0.484 e. The standard InChI is InChI=1S/C19H17BrN2O4S2/c20-13-6-8-14(9-7-13)22-16-11-28(24,25)12-17(16)27-19(22)21-18(23)10-26-15-4-2-1-3-5-15/h1-9,16-17H,10-12H2/t16-,17+/m0/s1. The van der Waals surface area contributed by atoms with Crippen molar-refractivity contribution in [2.45, 2.75) is 11.3 Å². The number of thioether (sulfide) groups is 1. The molecule has 2 fully saturated rings. The van der Waals surface area contributed by atoms with Crippen molar-refractivity contribution >= 4 is 54.3 Å². The summed E-state index contributed by atoms with van der Waals surface area (Å²) in [4.78, 5) is 18.5. The van der Waals surface area contributed by atoms with E-state index in [2.05, 4.69) is 20.9 Å². The molecule has 0 spiro atoms. The van der Waals surface area contributed by atoms with E-state index in [9.17, 15) is 13.2 Å². The number of benzene rings is 2. The number of amides is 1. The van der Waals surface area contributed by atoms with Crippen molar-refractivity contribution in [3.8, 4) is 5.75 Å². The number of halogens is 1. The lowest BCUT2D eigenvalue weighted by molar-refractivity contribution is -0.119. The highest BCUT2D eigenvalue weighted by atomic mass is 79.9. The first-order valence-corrected chi connectivity index (χ1v) is 12.1. The SMILES string of the molecule is O=C(COc1ccccc1)N=C1S[C@@H]2CS(=O)(=O)C[C@@H]2N1c1ccc(Br)cc1. The third-order valence-electron chi connectivity index (χ3n) is 4.50. The van der Waals surface area contributed by atoms with Gasteiger partial charge in [-0.2, -0.15) is 4.99 Å². The summed E-state index contributed by atoms with van der Waals surface area (Å²) in [6, 6.07) is 16.4. The second-order valence-corrected chi connectivity index (χ2v) is 10.8. The van der Waals surface area contributed by atoms with Crippen LogP contribution in [0.2, 0.25) is 0 Å². The second kappa shape index (κ2) is 7.88. The number of fused-ring (bicyclic) bond motifs is 1. The van der Waals surface area contributed by atoms with Crippen molar-refractivity contribution in [2.75, 3.05) is 23.0 Å². The van der Waals surface area contributed by atoms with Crippen LogP contribution < -0.4 is 9.64 Å². The first-order valence-electron chi connectivity index (χ1n) is 8.62. The predicted molar refractivity (Wildman–Crippen MR) is 115 cm³/mol. The van der Waals surface area contributed by atoms with E-state index >= 15 is 0 Å². The van der Waals surface area contributed by atoms with Gasteiger partial charge in [-0.25, -0.2) is 8.42 Å². The van der Waals surface area contributed by atoms with Gasteiger partial charge in [0.2, 0.25) is 0 Å². The van der Waals surface area contributed by atoms with Gasteiger partial charge in [0.1, 0.15) is 5.75 Å². The maximum absolute atomic E-state index is 12.4. The van der Waals surface area contributed by atoms with Crippen LogP contribution in [-0.2, 0) is 14.6 Å². The number of sulfone groups is 1. The van der Waals surface area contributed by atoms with Crippen molar-refractivity contribution < 1.29 is 17.9 Å². The summed E-state index contributed by atoms with van der Waals surface area (Å²) >= 11 is 4.76. The average Bonchev–Trinajstić information content (AvgIpc) is 3.12. The van der Waals surface area contributed by atoms with E-state index in [1.54, 1.807) is 12.1 Å². The van der Waals surface area contributed by atoms with Gasteiger partial charge in [0.05, 0.1) is 17.5 Å². The van der Waals surface area contributed by atoms with E-state index in [4.69, 9.17) is 4.74 Å². The Morgan fingerprint density at radius 2 is 1.86 bits per heavy atom. The summed E-state index contributed by atoms with van der Waals surface area (Å²) in [5, 5.41) is 0.393. The molecule has 4 rings (SSSR count). The fourth-order valence-electron chi connectivity index (χ4n) is 3.27. The number of carbonyl (C=O) groups excluding carboxylic acids is 1. The molecule has 0 aromatic heterocycles. The Hall–Kier alpha value is -1.84. The Bertz CT molecular complexity index is 1010. The number of ether oxygens (including phenoxy) is 1. The molecule has 9 heteroatoms. The van der Waals surface area contributed by atoms with E-state index in [1.165, 1.54) is 11.8 Å². The van der Waals surface area contributed by atoms with Gasteiger partial charge < -0.3 is 9.64 Å². The van der Waals surface area contributed by atoms with Crippen molar-refractivity contribution in [3.63, 3.8) is 0 Å². The Morgan fingerprint density at radius 3 is 2.57 bits per heavy atom. The molecule has 2 aromatic carbocycles. The lowest BCUT2D eigenvalue weighted by atomic mass is 10.2. The number of carbonyl (C=O) groups is 1. The first kappa shape index (κ1) is 19.5. The second-order valence-electron chi connectivity index (χ2n) is 6.54. The molecule has 146 valence electrons. The van der Waals surface area contributed by atoms with Gasteiger partial charge in [0.25, 0.3) is 5.91 Å². The summed E-state index contributed by atoms with van der Waals surface area (Å²) in [6.07, 6.45) is 0. The van der Waals surface area contributed by atoms with Crippen LogP contribution in [0.3, 0.4) is 0 Å². The van der Waals surface area contributed by atoms with Gasteiger partial charge in [0.15, 0.2) is 21.6 Å². The largest absolute Gasteiger partial charge is 0.484 e. The molecule has 2 aliphatic rings. The van der Waals surface area contributed by atoms with Gasteiger partial charge >= 0.3 is 0 Å². The molecule has 0 unspecified atom stereocenters. The fourth-order valence-corrected chi connectivity index (χ4v) is 7.46. The van der Waals surface area contributed by atoms with Crippen LogP contribution in [0.15, 0.2) is 64.1 Å². The van der Waals surface area contributed by atoms with Gasteiger partial charge in [-0.1, -0.05) is 45.9 Å². The number of hydrogen-bond acceptors (Lipinski definition) is 5. The Kier molecular flexibility index (Phi) is 5.48. The Balaban J connectivity index is 1.56. The lowest BCUT2D eigenvalue weighted by Crippen LogP contribution is -2.37. The van der Waals surface area contributed by atoms with Crippen molar-refractivity contribution in [2.24, 2.45) is 4.99 Å². The molecule has 0 saturated carbocycles. The molecule has 2 atom stereocenters. The minimum absolute atomic E-state index is 0.0639. The zero-order valence-corrected chi connectivity index (χ0v) is 17.9. The number of para-hydroxylation sites is 1. The number of nitrogens with zero attached hydrogens (tertiary/aromatic N) is 2. The number of amidine groups is 1. The molecule has 0 N–H and O–H groups in total. The summed E-state index contributed by atoms with van der Waals surface area (Å²) in [7, 11) is -3.09. The quantitative estimate of drug-likeness (QED) is 0.668. The summed E-state index contributed by atoms with van der Waals surface area (Å²) in [5.41, 5.74) is 0.816. The summed E-state index contributed by atoms with van der Waals surface area (Å²) in [6.45, 7) is -0.171. The smallest absolute Gasteiger partial charge is 0.285 e. The van der Waals surface area contributed by atoms with E-state index in [-0.39, 0.29) is 29.4 Å². The van der Waals surface area contributed by atoms with E-state index < -0.39 is 15.7 Å². The summed E-state index contributed by atoms with van der Waals surface area (Å²) < 4.78 is 30.6. The van der Waals surface area contributed by atoms with E-state index in [0.29, 0.717) is 10.9 Å². The topological polar surface area (TPSA) is 76.0 Å². The van der Waals surface area contributed by atoms with Gasteiger partial charge in [-0.3, -0.25) is 4.79 Å². The minimum atomic E-state index is -3.09. The van der Waals surface area contributed by atoms with E-state index in [0.717, 1.165) is 10.2 Å². The molecule has 2 aromatic rings. The maximum atomic E-state index is 12.4. The van der Waals surface area contributed by atoms with Crippen molar-refractivity contribution in [3.05, 3.63) is 59.1 Å². The van der Waals surface area contributed by atoms with Gasteiger partial charge in [0, 0.05) is 15.4 Å². The molecular weight excluding hydrogens is 464 g/mol. The van der Waals surface area contributed by atoms with Crippen LogP contribution in [0.25, 0.3) is 0 Å². The summed E-state index contributed by atoms with van der Waals surface area (Å²) in [5.74, 6) is 0.358. The Labute approximate surface area is 176 Å². The number of aliphatic imine (C=N–C) groups is 1. The highest BCUT2D eigenvalue weighted by molar-refractivity contribution is 9.10. The third-order valence-corrected chi connectivity index (χ3v) is 8.24. The normalized spacial score (nSPS) is 24.3. The zero-order valence-electron chi connectivity index (χ0n) is 14.7. The third kappa shape index (κ3) is 4.26. The Morgan fingerprint density at radius 1 is 1.14 bits per heavy atom. The molecule has 2 heterocycles. The number of rotatable bonds is 4. The lowest BCUT2D eigenvalue weighted by Gasteiger charge is -2.24. The molecule has 2 aliphatic heterocycles. The first-order chi connectivity index (χ1) is 13.4. The molecule has 1 amide bonds. The van der Waals surface area contributed by atoms with Crippen LogP contribution in [0, 0.1) is 0 Å². The van der Waals surface area contributed by atoms with Crippen LogP contribution in [0.5, 0.6) is 5.75 Å². The van der Waals surface area contributed by atoms with Crippen molar-refractivity contribution in [1.82, 2.24) is 0 Å². The van der Waals surface area contributed by atoms with Crippen LogP contribution in [0.4, 0.5) is 5.69 Å². The number of anilines is 1. The van der Waals surface area contributed by atoms with Crippen molar-refractivity contribution in [1.29, 1.82) is 0 Å². The average molecular weight is 481 g/mol. The highest BCUT2D eigenvalue weighted by Crippen LogP contribution is 2.41. The van der Waals surface area contributed by atoms with Crippen LogP contribution >= 0.6 is 27.7 Å². The van der Waals surface area contributed by atoms with Gasteiger partial charge in [-0.05, 0) is 36.4 Å².